The lowest BCUT2D eigenvalue weighted by molar-refractivity contribution is -0.128. The summed E-state index contributed by atoms with van der Waals surface area (Å²) in [6.07, 6.45) is 0. The predicted octanol–water partition coefficient (Wildman–Crippen LogP) is 0.792. The Morgan fingerprint density at radius 2 is 1.81 bits per heavy atom. The molecule has 1 aromatic rings. The molecule has 1 amide bonds. The van der Waals surface area contributed by atoms with Crippen LogP contribution in [-0.2, 0) is 21.3 Å². The first-order valence-electron chi connectivity index (χ1n) is 9.10. The molecule has 0 aromatic carbocycles. The zero-order chi connectivity index (χ0) is 20.1. The van der Waals surface area contributed by atoms with Crippen molar-refractivity contribution in [3.63, 3.8) is 0 Å². The number of methoxy groups -OCH3 is 1. The monoisotopic (exact) mass is 379 g/mol. The number of carbonyl (C=O) groups excluding carboxylic acids is 3. The first-order chi connectivity index (χ1) is 12.8. The van der Waals surface area contributed by atoms with Gasteiger partial charge in [-0.25, -0.2) is 4.79 Å². The smallest absolute Gasteiger partial charge is 0.354 e. The lowest BCUT2D eigenvalue weighted by Gasteiger charge is -2.29. The van der Waals surface area contributed by atoms with Crippen LogP contribution in [0.5, 0.6) is 0 Å². The largest absolute Gasteiger partial charge is 0.464 e. The number of amides is 1. The van der Waals surface area contributed by atoms with Crippen LogP contribution in [0, 0.1) is 13.8 Å². The van der Waals surface area contributed by atoms with Crippen molar-refractivity contribution in [1.29, 1.82) is 0 Å². The molecule has 2 heterocycles. The molecule has 0 N–H and O–H groups in total. The summed E-state index contributed by atoms with van der Waals surface area (Å²) >= 11 is 0. The van der Waals surface area contributed by atoms with Crippen LogP contribution in [0.2, 0.25) is 0 Å². The van der Waals surface area contributed by atoms with Crippen molar-refractivity contribution in [3.8, 4) is 0 Å². The van der Waals surface area contributed by atoms with E-state index in [0.29, 0.717) is 48.8 Å². The van der Waals surface area contributed by atoms with Gasteiger partial charge >= 0.3 is 5.97 Å². The van der Waals surface area contributed by atoms with E-state index in [1.165, 1.54) is 14.0 Å². The van der Waals surface area contributed by atoms with Gasteiger partial charge < -0.3 is 18.9 Å². The highest BCUT2D eigenvalue weighted by Crippen LogP contribution is 2.22. The third-order valence-electron chi connectivity index (χ3n) is 5.16. The van der Waals surface area contributed by atoms with E-state index in [1.54, 1.807) is 30.4 Å². The molecule has 150 valence electrons. The average Bonchev–Trinajstić information content (AvgIpc) is 2.87. The Labute approximate surface area is 160 Å². The van der Waals surface area contributed by atoms with Gasteiger partial charge in [0.05, 0.1) is 26.9 Å². The highest BCUT2D eigenvalue weighted by Gasteiger charge is 2.27. The SMILES string of the molecule is COC(=O)c1c(C)c(C(=O)CN(CCN2CCOCC2)C(C)=O)c(C)n1C. The van der Waals surface area contributed by atoms with Gasteiger partial charge in [-0.15, -0.1) is 0 Å². The van der Waals surface area contributed by atoms with Gasteiger partial charge in [-0.2, -0.15) is 0 Å². The van der Waals surface area contributed by atoms with E-state index in [1.807, 2.05) is 0 Å². The van der Waals surface area contributed by atoms with Crippen LogP contribution in [-0.4, -0.2) is 85.1 Å². The first kappa shape index (κ1) is 21.1. The van der Waals surface area contributed by atoms with Crippen LogP contribution in [0.4, 0.5) is 0 Å². The Morgan fingerprint density at radius 1 is 1.19 bits per heavy atom. The number of aromatic nitrogens is 1. The number of carbonyl (C=O) groups is 3. The molecule has 8 nitrogen and oxygen atoms in total. The van der Waals surface area contributed by atoms with E-state index >= 15 is 0 Å². The molecule has 1 aliphatic heterocycles. The highest BCUT2D eigenvalue weighted by molar-refractivity contribution is 6.04. The van der Waals surface area contributed by atoms with E-state index in [-0.39, 0.29) is 18.2 Å². The van der Waals surface area contributed by atoms with Crippen LogP contribution in [0.25, 0.3) is 0 Å². The second kappa shape index (κ2) is 9.14. The van der Waals surface area contributed by atoms with E-state index < -0.39 is 5.97 Å². The summed E-state index contributed by atoms with van der Waals surface area (Å²) < 4.78 is 11.8. The Balaban J connectivity index is 2.13. The highest BCUT2D eigenvalue weighted by atomic mass is 16.5. The number of morpholine rings is 1. The van der Waals surface area contributed by atoms with E-state index in [2.05, 4.69) is 4.90 Å². The minimum absolute atomic E-state index is 0.00796. The summed E-state index contributed by atoms with van der Waals surface area (Å²) in [6, 6.07) is 0. The lowest BCUT2D eigenvalue weighted by Crippen LogP contribution is -2.44. The van der Waals surface area contributed by atoms with Crippen molar-refractivity contribution in [2.45, 2.75) is 20.8 Å². The second-order valence-corrected chi connectivity index (χ2v) is 6.80. The summed E-state index contributed by atoms with van der Waals surface area (Å²) in [5.74, 6) is -0.795. The van der Waals surface area contributed by atoms with E-state index in [0.717, 1.165) is 13.1 Å². The molecule has 2 rings (SSSR count). The summed E-state index contributed by atoms with van der Waals surface area (Å²) in [7, 11) is 3.04. The van der Waals surface area contributed by atoms with Gasteiger partial charge in [0.15, 0.2) is 5.78 Å². The van der Waals surface area contributed by atoms with Crippen LogP contribution >= 0.6 is 0 Å². The molecule has 0 aliphatic carbocycles. The van der Waals surface area contributed by atoms with Gasteiger partial charge in [-0.1, -0.05) is 0 Å². The first-order valence-corrected chi connectivity index (χ1v) is 9.10. The predicted molar refractivity (Wildman–Crippen MR) is 100 cm³/mol. The molecule has 1 fully saturated rings. The molecule has 0 unspecified atom stereocenters. The van der Waals surface area contributed by atoms with Gasteiger partial charge in [0.1, 0.15) is 5.69 Å². The fraction of sp³-hybridized carbons (Fsp3) is 0.632. The number of ketones is 1. The maximum Gasteiger partial charge on any atom is 0.354 e. The lowest BCUT2D eigenvalue weighted by atomic mass is 10.1. The second-order valence-electron chi connectivity index (χ2n) is 6.80. The van der Waals surface area contributed by atoms with Gasteiger partial charge in [0, 0.05) is 51.4 Å². The van der Waals surface area contributed by atoms with Crippen molar-refractivity contribution in [2.75, 3.05) is 53.0 Å². The average molecular weight is 379 g/mol. The summed E-state index contributed by atoms with van der Waals surface area (Å²) in [5, 5.41) is 0. The van der Waals surface area contributed by atoms with Gasteiger partial charge in [-0.05, 0) is 19.4 Å². The minimum atomic E-state index is -0.479. The normalized spacial score (nSPS) is 14.9. The fourth-order valence-electron chi connectivity index (χ4n) is 3.46. The van der Waals surface area contributed by atoms with Crippen molar-refractivity contribution in [1.82, 2.24) is 14.4 Å². The molecule has 8 heteroatoms. The number of Topliss-reactive ketones (excluding diaryl/α,β-unsaturated/α-hetero) is 1. The molecule has 0 radical (unpaired) electrons. The summed E-state index contributed by atoms with van der Waals surface area (Å²) in [5.41, 5.74) is 2.12. The summed E-state index contributed by atoms with van der Waals surface area (Å²) in [6.45, 7) is 9.22. The maximum atomic E-state index is 12.9. The number of esters is 1. The topological polar surface area (TPSA) is 81.1 Å². The number of hydrogen-bond acceptors (Lipinski definition) is 6. The molecular weight excluding hydrogens is 350 g/mol. The number of ether oxygens (including phenoxy) is 2. The Morgan fingerprint density at radius 3 is 2.37 bits per heavy atom. The zero-order valence-corrected chi connectivity index (χ0v) is 16.8. The third kappa shape index (κ3) is 4.75. The Bertz CT molecular complexity index is 719. The quantitative estimate of drug-likeness (QED) is 0.515. The fourth-order valence-corrected chi connectivity index (χ4v) is 3.46. The molecule has 27 heavy (non-hydrogen) atoms. The molecule has 0 atom stereocenters. The number of hydrogen-bond donors (Lipinski definition) is 0. The van der Waals surface area contributed by atoms with Crippen LogP contribution in [0.3, 0.4) is 0 Å². The van der Waals surface area contributed by atoms with E-state index in [4.69, 9.17) is 9.47 Å². The van der Waals surface area contributed by atoms with Crippen molar-refractivity contribution >= 4 is 17.7 Å². The number of nitrogens with zero attached hydrogens (tertiary/aromatic N) is 3. The molecule has 0 saturated carbocycles. The summed E-state index contributed by atoms with van der Waals surface area (Å²) in [4.78, 5) is 40.8. The van der Waals surface area contributed by atoms with Gasteiger partial charge in [-0.3, -0.25) is 14.5 Å². The van der Waals surface area contributed by atoms with Crippen molar-refractivity contribution in [3.05, 3.63) is 22.5 Å². The Kier molecular flexibility index (Phi) is 7.15. The molecule has 0 spiro atoms. The van der Waals surface area contributed by atoms with Crippen LogP contribution in [0.1, 0.15) is 39.0 Å². The molecule has 1 saturated heterocycles. The van der Waals surface area contributed by atoms with Gasteiger partial charge in [0.25, 0.3) is 0 Å². The van der Waals surface area contributed by atoms with Crippen LogP contribution < -0.4 is 0 Å². The van der Waals surface area contributed by atoms with E-state index in [9.17, 15) is 14.4 Å². The number of rotatable bonds is 7. The third-order valence-corrected chi connectivity index (χ3v) is 5.16. The van der Waals surface area contributed by atoms with Crippen molar-refractivity contribution < 1.29 is 23.9 Å². The Hall–Kier alpha value is -2.19. The molecule has 0 bridgehead atoms. The zero-order valence-electron chi connectivity index (χ0n) is 16.8. The van der Waals surface area contributed by atoms with Gasteiger partial charge in [0.2, 0.25) is 5.91 Å². The van der Waals surface area contributed by atoms with Crippen LogP contribution in [0.15, 0.2) is 0 Å². The standard InChI is InChI=1S/C19H29N3O5/c1-13-17(14(2)20(4)18(13)19(25)26-5)16(24)12-22(15(3)23)7-6-21-8-10-27-11-9-21/h6-12H2,1-5H3. The maximum absolute atomic E-state index is 12.9. The molecule has 1 aliphatic rings. The van der Waals surface area contributed by atoms with Crippen molar-refractivity contribution in [2.24, 2.45) is 7.05 Å². The molecule has 1 aromatic heterocycles. The molecular formula is C19H29N3O5. The minimum Gasteiger partial charge on any atom is -0.464 e.